The number of amides is 1. The van der Waals surface area contributed by atoms with Crippen molar-refractivity contribution in [3.05, 3.63) is 53.6 Å². The molecule has 3 nitrogen and oxygen atoms in total. The molecule has 1 atom stereocenters. The second-order valence-corrected chi connectivity index (χ2v) is 6.76. The Labute approximate surface area is 146 Å². The van der Waals surface area contributed by atoms with E-state index >= 15 is 0 Å². The number of nitrogens with zero attached hydrogens (tertiary/aromatic N) is 1. The van der Waals surface area contributed by atoms with Crippen LogP contribution in [0.2, 0.25) is 5.02 Å². The number of hydrogen-bond donors (Lipinski definition) is 1. The molecule has 0 aromatic heterocycles. The van der Waals surface area contributed by atoms with Crippen molar-refractivity contribution in [2.75, 3.05) is 10.2 Å². The molecule has 1 heterocycles. The van der Waals surface area contributed by atoms with Gasteiger partial charge in [-0.2, -0.15) is 0 Å². The monoisotopic (exact) mass is 344 g/mol. The summed E-state index contributed by atoms with van der Waals surface area (Å²) in [5, 5.41) is 3.80. The maximum absolute atomic E-state index is 13.2. The fraction of sp³-hybridized carbons (Fsp3) is 0.222. The Hall–Kier alpha value is -1.91. The third kappa shape index (κ3) is 2.96. The van der Waals surface area contributed by atoms with Gasteiger partial charge in [-0.15, -0.1) is 0 Å². The molecule has 0 saturated carbocycles. The standard InChI is InChI=1S/C18H17ClN2OS/c1-11(2)16-17(23)20-14-9-8-12(19)10-15(14)21(18(16)22)13-6-4-3-5-7-13/h3-11,16H,1-2H3,(H,20,23). The highest BCUT2D eigenvalue weighted by atomic mass is 35.5. The predicted octanol–water partition coefficient (Wildman–Crippen LogP) is 5.03. The fourth-order valence-corrected chi connectivity index (χ4v) is 3.46. The van der Waals surface area contributed by atoms with Gasteiger partial charge in [0.1, 0.15) is 0 Å². The number of thiocarbonyl (C=S) groups is 1. The highest BCUT2D eigenvalue weighted by Gasteiger charge is 2.36. The number of rotatable bonds is 2. The van der Waals surface area contributed by atoms with Gasteiger partial charge in [0.25, 0.3) is 0 Å². The smallest absolute Gasteiger partial charge is 0.241 e. The van der Waals surface area contributed by atoms with Crippen molar-refractivity contribution in [1.29, 1.82) is 0 Å². The van der Waals surface area contributed by atoms with Crippen molar-refractivity contribution in [3.8, 4) is 0 Å². The van der Waals surface area contributed by atoms with Crippen LogP contribution >= 0.6 is 23.8 Å². The van der Waals surface area contributed by atoms with Crippen molar-refractivity contribution in [1.82, 2.24) is 0 Å². The third-order valence-electron chi connectivity index (χ3n) is 3.91. The van der Waals surface area contributed by atoms with Gasteiger partial charge in [0.15, 0.2) is 0 Å². The summed E-state index contributed by atoms with van der Waals surface area (Å²) in [5.41, 5.74) is 2.32. The van der Waals surface area contributed by atoms with Gasteiger partial charge in [0, 0.05) is 10.7 Å². The molecule has 0 bridgehead atoms. The summed E-state index contributed by atoms with van der Waals surface area (Å²) in [4.78, 5) is 15.5. The van der Waals surface area contributed by atoms with Crippen LogP contribution in [0.3, 0.4) is 0 Å². The van der Waals surface area contributed by atoms with Crippen LogP contribution in [0.4, 0.5) is 17.1 Å². The normalized spacial score (nSPS) is 17.7. The van der Waals surface area contributed by atoms with E-state index in [1.54, 1.807) is 17.0 Å². The van der Waals surface area contributed by atoms with Gasteiger partial charge in [-0.1, -0.05) is 55.9 Å². The first-order valence-electron chi connectivity index (χ1n) is 7.48. The van der Waals surface area contributed by atoms with Crippen LogP contribution in [-0.2, 0) is 4.79 Å². The van der Waals surface area contributed by atoms with E-state index in [0.29, 0.717) is 10.0 Å². The zero-order valence-corrected chi connectivity index (χ0v) is 14.5. The van der Waals surface area contributed by atoms with Crippen molar-refractivity contribution in [2.24, 2.45) is 11.8 Å². The largest absolute Gasteiger partial charge is 0.348 e. The number of carbonyl (C=O) groups excluding carboxylic acids is 1. The second kappa shape index (κ2) is 6.30. The Balaban J connectivity index is 2.22. The molecule has 0 saturated heterocycles. The van der Waals surface area contributed by atoms with Crippen LogP contribution in [0.1, 0.15) is 13.8 Å². The average Bonchev–Trinajstić information content (AvgIpc) is 2.61. The lowest BCUT2D eigenvalue weighted by Crippen LogP contribution is -2.38. The highest BCUT2D eigenvalue weighted by molar-refractivity contribution is 7.80. The lowest BCUT2D eigenvalue weighted by molar-refractivity contribution is -0.120. The Kier molecular flexibility index (Phi) is 4.37. The van der Waals surface area contributed by atoms with E-state index in [4.69, 9.17) is 23.8 Å². The van der Waals surface area contributed by atoms with Crippen LogP contribution in [0.25, 0.3) is 0 Å². The third-order valence-corrected chi connectivity index (χ3v) is 4.50. The lowest BCUT2D eigenvalue weighted by Gasteiger charge is -2.26. The van der Waals surface area contributed by atoms with Crippen LogP contribution in [0.5, 0.6) is 0 Å². The summed E-state index contributed by atoms with van der Waals surface area (Å²) in [5.74, 6) is -0.320. The number of carbonyl (C=O) groups is 1. The van der Waals surface area contributed by atoms with Crippen LogP contribution in [0, 0.1) is 11.8 Å². The molecule has 0 radical (unpaired) electrons. The number of halogens is 1. The van der Waals surface area contributed by atoms with Crippen molar-refractivity contribution < 1.29 is 4.79 Å². The van der Waals surface area contributed by atoms with Crippen molar-refractivity contribution in [2.45, 2.75) is 13.8 Å². The van der Waals surface area contributed by atoms with E-state index < -0.39 is 0 Å². The van der Waals surface area contributed by atoms with Gasteiger partial charge in [-0.05, 0) is 36.2 Å². The van der Waals surface area contributed by atoms with Gasteiger partial charge in [0.2, 0.25) is 5.91 Å². The SMILES string of the molecule is CC(C)C1C(=O)N(c2ccccc2)c2cc(Cl)ccc2NC1=S. The van der Waals surface area contributed by atoms with Crippen LogP contribution in [-0.4, -0.2) is 10.9 Å². The number of nitrogens with one attached hydrogen (secondary N) is 1. The minimum Gasteiger partial charge on any atom is -0.348 e. The molecule has 1 amide bonds. The average molecular weight is 345 g/mol. The van der Waals surface area contributed by atoms with E-state index in [-0.39, 0.29) is 17.7 Å². The number of anilines is 3. The molecule has 2 aromatic carbocycles. The van der Waals surface area contributed by atoms with Crippen molar-refractivity contribution >= 4 is 51.8 Å². The fourth-order valence-electron chi connectivity index (χ4n) is 2.81. The van der Waals surface area contributed by atoms with Gasteiger partial charge in [-0.3, -0.25) is 9.69 Å². The molecule has 118 valence electrons. The summed E-state index contributed by atoms with van der Waals surface area (Å²) in [6.45, 7) is 4.01. The van der Waals surface area contributed by atoms with E-state index in [0.717, 1.165) is 17.1 Å². The summed E-state index contributed by atoms with van der Waals surface area (Å²) >= 11 is 11.7. The summed E-state index contributed by atoms with van der Waals surface area (Å²) < 4.78 is 0. The maximum Gasteiger partial charge on any atom is 0.241 e. The quantitative estimate of drug-likeness (QED) is 0.775. The van der Waals surface area contributed by atoms with E-state index in [2.05, 4.69) is 5.32 Å². The molecule has 3 rings (SSSR count). The number of para-hydroxylation sites is 1. The minimum atomic E-state index is -0.378. The maximum atomic E-state index is 13.2. The highest BCUT2D eigenvalue weighted by Crippen LogP contribution is 2.39. The number of fused-ring (bicyclic) bond motifs is 1. The molecule has 2 aromatic rings. The molecule has 0 spiro atoms. The van der Waals surface area contributed by atoms with Crippen LogP contribution in [0.15, 0.2) is 48.5 Å². The van der Waals surface area contributed by atoms with Gasteiger partial charge >= 0.3 is 0 Å². The first-order valence-corrected chi connectivity index (χ1v) is 8.27. The summed E-state index contributed by atoms with van der Waals surface area (Å²) in [6.07, 6.45) is 0. The molecule has 1 aliphatic rings. The molecule has 0 aliphatic carbocycles. The molecule has 1 unspecified atom stereocenters. The minimum absolute atomic E-state index is 0.0373. The van der Waals surface area contributed by atoms with Crippen molar-refractivity contribution in [3.63, 3.8) is 0 Å². The Morgan fingerprint density at radius 2 is 1.87 bits per heavy atom. The molecule has 1 aliphatic heterocycles. The zero-order valence-electron chi connectivity index (χ0n) is 12.9. The first kappa shape index (κ1) is 16.0. The zero-order chi connectivity index (χ0) is 16.6. The number of hydrogen-bond acceptors (Lipinski definition) is 2. The second-order valence-electron chi connectivity index (χ2n) is 5.88. The Bertz CT molecular complexity index is 761. The lowest BCUT2D eigenvalue weighted by atomic mass is 9.94. The number of benzene rings is 2. The molecule has 0 fully saturated rings. The Morgan fingerprint density at radius 1 is 1.17 bits per heavy atom. The van der Waals surface area contributed by atoms with E-state index in [9.17, 15) is 4.79 Å². The molecular weight excluding hydrogens is 328 g/mol. The predicted molar refractivity (Wildman–Crippen MR) is 99.6 cm³/mol. The van der Waals surface area contributed by atoms with Gasteiger partial charge < -0.3 is 5.32 Å². The van der Waals surface area contributed by atoms with Crippen LogP contribution < -0.4 is 10.2 Å². The van der Waals surface area contributed by atoms with Gasteiger partial charge in [-0.25, -0.2) is 0 Å². The topological polar surface area (TPSA) is 32.3 Å². The van der Waals surface area contributed by atoms with E-state index in [1.807, 2.05) is 50.2 Å². The molecule has 1 N–H and O–H groups in total. The Morgan fingerprint density at radius 3 is 2.52 bits per heavy atom. The van der Waals surface area contributed by atoms with Gasteiger partial charge in [0.05, 0.1) is 22.3 Å². The summed E-state index contributed by atoms with van der Waals surface area (Å²) in [6, 6.07) is 15.0. The van der Waals surface area contributed by atoms with E-state index in [1.165, 1.54) is 0 Å². The molecule has 23 heavy (non-hydrogen) atoms. The molecular formula is C18H17ClN2OS. The molecule has 5 heteroatoms. The summed E-state index contributed by atoms with van der Waals surface area (Å²) in [7, 11) is 0. The first-order chi connectivity index (χ1) is 11.0.